The number of aromatic nitrogens is 3. The lowest BCUT2D eigenvalue weighted by atomic mass is 9.90. The molecule has 3 rings (SSSR count). The number of piperidine rings is 1. The molecule has 2 aromatic heterocycles. The highest BCUT2D eigenvalue weighted by Gasteiger charge is 2.41. The summed E-state index contributed by atoms with van der Waals surface area (Å²) in [7, 11) is 1.47. The van der Waals surface area contributed by atoms with Gasteiger partial charge in [0.1, 0.15) is 17.8 Å². The van der Waals surface area contributed by atoms with Crippen molar-refractivity contribution in [2.24, 2.45) is 0 Å². The Morgan fingerprint density at radius 2 is 2.40 bits per heavy atom. The molecule has 1 amide bonds. The van der Waals surface area contributed by atoms with Crippen LogP contribution < -0.4 is 10.1 Å². The quantitative estimate of drug-likeness (QED) is 0.837. The molecule has 0 aliphatic carbocycles. The van der Waals surface area contributed by atoms with Crippen molar-refractivity contribution in [2.75, 3.05) is 32.1 Å². The number of nitrogens with zero attached hydrogens (tertiary/aromatic N) is 4. The molecule has 0 radical (unpaired) electrons. The molecule has 2 N–H and O–H groups in total. The van der Waals surface area contributed by atoms with Crippen molar-refractivity contribution in [1.29, 1.82) is 0 Å². The van der Waals surface area contributed by atoms with Crippen LogP contribution in [0.25, 0.3) is 5.52 Å². The highest BCUT2D eigenvalue weighted by Crippen LogP contribution is 2.30. The van der Waals surface area contributed by atoms with Gasteiger partial charge in [-0.15, -0.1) is 5.10 Å². The molecular weight excluding hydrogens is 353 g/mol. The van der Waals surface area contributed by atoms with Crippen LogP contribution in [0.1, 0.15) is 13.3 Å². The third-order valence-corrected chi connectivity index (χ3v) is 4.63. The van der Waals surface area contributed by atoms with Crippen molar-refractivity contribution in [2.45, 2.75) is 25.1 Å². The fourth-order valence-electron chi connectivity index (χ4n) is 3.00. The van der Waals surface area contributed by atoms with Crippen molar-refractivity contribution in [3.05, 3.63) is 17.3 Å². The predicted molar refractivity (Wildman–Crippen MR) is 89.8 cm³/mol. The summed E-state index contributed by atoms with van der Waals surface area (Å²) in [6.07, 6.45) is 2.01. The van der Waals surface area contributed by atoms with Crippen molar-refractivity contribution in [3.63, 3.8) is 0 Å². The van der Waals surface area contributed by atoms with Gasteiger partial charge < -0.3 is 20.1 Å². The molecule has 0 bridgehead atoms. The number of aliphatic hydroxyl groups excluding tert-OH is 1. The number of fused-ring (bicyclic) bond motifs is 1. The molecule has 1 saturated heterocycles. The van der Waals surface area contributed by atoms with E-state index in [1.807, 2.05) is 0 Å². The van der Waals surface area contributed by atoms with Gasteiger partial charge in [0.25, 0.3) is 0 Å². The van der Waals surface area contributed by atoms with Crippen LogP contribution in [-0.4, -0.2) is 69.0 Å². The van der Waals surface area contributed by atoms with Gasteiger partial charge in [-0.2, -0.15) is 4.98 Å². The molecule has 8 nitrogen and oxygen atoms in total. The first-order valence-electron chi connectivity index (χ1n) is 7.78. The van der Waals surface area contributed by atoms with E-state index in [0.29, 0.717) is 23.5 Å². The van der Waals surface area contributed by atoms with E-state index in [-0.39, 0.29) is 18.4 Å². The van der Waals surface area contributed by atoms with Crippen molar-refractivity contribution < 1.29 is 19.0 Å². The van der Waals surface area contributed by atoms with E-state index in [4.69, 9.17) is 21.4 Å². The van der Waals surface area contributed by atoms with E-state index in [1.54, 1.807) is 12.3 Å². The molecule has 25 heavy (non-hydrogen) atoms. The predicted octanol–water partition coefficient (Wildman–Crippen LogP) is 1.12. The van der Waals surface area contributed by atoms with Gasteiger partial charge in [-0.05, 0) is 19.4 Å². The fourth-order valence-corrected chi connectivity index (χ4v) is 3.22. The van der Waals surface area contributed by atoms with Crippen LogP contribution in [-0.2, 0) is 4.79 Å². The summed E-state index contributed by atoms with van der Waals surface area (Å²) in [6.45, 7) is 1.01. The van der Waals surface area contributed by atoms with Crippen LogP contribution in [0.5, 0.6) is 5.88 Å². The lowest BCUT2D eigenvalue weighted by Gasteiger charge is -2.41. The molecule has 1 aliphatic rings. The maximum atomic E-state index is 15.0. The lowest BCUT2D eigenvalue weighted by Crippen LogP contribution is -2.57. The highest BCUT2D eigenvalue weighted by atomic mass is 35.5. The summed E-state index contributed by atoms with van der Waals surface area (Å²) in [5, 5.41) is 16.7. The van der Waals surface area contributed by atoms with E-state index in [1.165, 1.54) is 23.4 Å². The zero-order valence-electron chi connectivity index (χ0n) is 13.9. The van der Waals surface area contributed by atoms with E-state index < -0.39 is 24.2 Å². The first-order chi connectivity index (χ1) is 11.9. The number of carbonyl (C=O) groups is 1. The van der Waals surface area contributed by atoms with E-state index in [2.05, 4.69) is 15.4 Å². The minimum absolute atomic E-state index is 0.112. The van der Waals surface area contributed by atoms with Crippen LogP contribution in [0, 0.1) is 0 Å². The molecule has 0 saturated carbocycles. The van der Waals surface area contributed by atoms with E-state index >= 15 is 4.39 Å². The summed E-state index contributed by atoms with van der Waals surface area (Å²) in [4.78, 5) is 17.1. The zero-order chi connectivity index (χ0) is 18.2. The van der Waals surface area contributed by atoms with Gasteiger partial charge in [0.2, 0.25) is 17.7 Å². The number of anilines is 1. The minimum atomic E-state index is -1.71. The molecule has 0 spiro atoms. The molecular formula is C15H19ClFN5O3. The summed E-state index contributed by atoms with van der Waals surface area (Å²) >= 11 is 6.09. The Morgan fingerprint density at radius 3 is 3.04 bits per heavy atom. The number of likely N-dealkylation sites (tertiary alicyclic amines) is 1. The molecule has 2 atom stereocenters. The average Bonchev–Trinajstić information content (AvgIpc) is 2.96. The van der Waals surface area contributed by atoms with Crippen molar-refractivity contribution >= 4 is 29.0 Å². The number of halogens is 2. The normalized spacial score (nSPS) is 23.7. The van der Waals surface area contributed by atoms with Gasteiger partial charge in [0.05, 0.1) is 24.7 Å². The van der Waals surface area contributed by atoms with Crippen LogP contribution in [0.3, 0.4) is 0 Å². The van der Waals surface area contributed by atoms with Crippen LogP contribution in [0.15, 0.2) is 12.3 Å². The summed E-state index contributed by atoms with van der Waals surface area (Å²) in [5.74, 6) is -0.00275. The first kappa shape index (κ1) is 17.7. The number of rotatable bonds is 4. The Bertz CT molecular complexity index is 797. The Labute approximate surface area is 148 Å². The Kier molecular flexibility index (Phi) is 4.70. The number of carbonyl (C=O) groups excluding carboxylic acids is 1. The Morgan fingerprint density at radius 1 is 1.64 bits per heavy atom. The maximum absolute atomic E-state index is 15.0. The van der Waals surface area contributed by atoms with E-state index in [9.17, 15) is 4.79 Å². The molecule has 0 aromatic carbocycles. The molecule has 2 aromatic rings. The van der Waals surface area contributed by atoms with E-state index in [0.717, 1.165) is 0 Å². The summed E-state index contributed by atoms with van der Waals surface area (Å²) in [6, 6.07) is 1.07. The van der Waals surface area contributed by atoms with Crippen LogP contribution in [0.4, 0.5) is 10.3 Å². The van der Waals surface area contributed by atoms with Gasteiger partial charge >= 0.3 is 0 Å². The molecule has 3 heterocycles. The Balaban J connectivity index is 1.83. The molecule has 136 valence electrons. The second-order valence-electron chi connectivity index (χ2n) is 6.14. The summed E-state index contributed by atoms with van der Waals surface area (Å²) < 4.78 is 21.8. The third-order valence-electron chi connectivity index (χ3n) is 4.33. The largest absolute Gasteiger partial charge is 0.479 e. The second kappa shape index (κ2) is 6.64. The topological polar surface area (TPSA) is 92.0 Å². The molecule has 2 unspecified atom stereocenters. The van der Waals surface area contributed by atoms with Gasteiger partial charge in [-0.1, -0.05) is 11.6 Å². The SMILES string of the molecule is COc1nc(NC2CCN(C(=O)CO)CC2(C)F)nn2ccc(Cl)c12. The Hall–Kier alpha value is -2.13. The average molecular weight is 372 g/mol. The minimum Gasteiger partial charge on any atom is -0.479 e. The molecule has 1 aliphatic heterocycles. The first-order valence-corrected chi connectivity index (χ1v) is 8.16. The second-order valence-corrected chi connectivity index (χ2v) is 6.55. The van der Waals surface area contributed by atoms with Crippen LogP contribution >= 0.6 is 11.6 Å². The lowest BCUT2D eigenvalue weighted by molar-refractivity contribution is -0.138. The van der Waals surface area contributed by atoms with Crippen LogP contribution in [0.2, 0.25) is 5.02 Å². The fraction of sp³-hybridized carbons (Fsp3) is 0.533. The number of hydrogen-bond donors (Lipinski definition) is 2. The van der Waals surface area contributed by atoms with Gasteiger partial charge in [-0.25, -0.2) is 8.91 Å². The number of aliphatic hydroxyl groups is 1. The number of methoxy groups -OCH3 is 1. The monoisotopic (exact) mass is 371 g/mol. The summed E-state index contributed by atoms with van der Waals surface area (Å²) in [5.41, 5.74) is -1.18. The van der Waals surface area contributed by atoms with Gasteiger partial charge in [0, 0.05) is 12.7 Å². The number of hydrogen-bond acceptors (Lipinski definition) is 6. The van der Waals surface area contributed by atoms with Gasteiger partial charge in [-0.3, -0.25) is 4.79 Å². The van der Waals surface area contributed by atoms with Crippen molar-refractivity contribution in [1.82, 2.24) is 19.5 Å². The smallest absolute Gasteiger partial charge is 0.248 e. The number of ether oxygens (including phenoxy) is 1. The number of nitrogens with one attached hydrogen (secondary N) is 1. The standard InChI is InChI=1S/C15H19ClFN5O3/c1-15(17)8-21(11(24)7-23)5-4-10(15)18-14-19-13(25-2)12-9(16)3-6-22(12)20-14/h3,6,10,23H,4-5,7-8H2,1-2H3,(H,18,20). The molecule has 10 heteroatoms. The van der Waals surface area contributed by atoms with Gasteiger partial charge in [0.15, 0.2) is 0 Å². The number of alkyl halides is 1. The highest BCUT2D eigenvalue weighted by molar-refractivity contribution is 6.34. The number of amides is 1. The third kappa shape index (κ3) is 3.34. The molecule has 1 fully saturated rings. The maximum Gasteiger partial charge on any atom is 0.248 e. The zero-order valence-corrected chi connectivity index (χ0v) is 14.6. The van der Waals surface area contributed by atoms with Crippen molar-refractivity contribution in [3.8, 4) is 5.88 Å².